The molecule has 0 radical (unpaired) electrons. The van der Waals surface area contributed by atoms with Gasteiger partial charge in [-0.05, 0) is 103 Å². The van der Waals surface area contributed by atoms with E-state index >= 15 is 0 Å². The summed E-state index contributed by atoms with van der Waals surface area (Å²) in [5.41, 5.74) is 18.6. The maximum absolute atomic E-state index is 6.65. The quantitative estimate of drug-likeness (QED) is 0.240. The minimum atomic E-state index is 0.557. The summed E-state index contributed by atoms with van der Waals surface area (Å²) < 4.78 is 0. The Morgan fingerprint density at radius 1 is 0.936 bits per heavy atom. The smallest absolute Gasteiger partial charge is 0.0664 e. The number of aliphatic imine (C=N–C) groups is 1. The van der Waals surface area contributed by atoms with E-state index in [0.29, 0.717) is 5.92 Å². The van der Waals surface area contributed by atoms with Crippen molar-refractivity contribution in [2.24, 2.45) is 22.6 Å². The highest BCUT2D eigenvalue weighted by atomic mass is 14.9. The van der Waals surface area contributed by atoms with Crippen molar-refractivity contribution >= 4 is 23.3 Å². The van der Waals surface area contributed by atoms with Gasteiger partial charge in [0.1, 0.15) is 0 Å². The second-order valence-corrected chi connectivity index (χ2v) is 13.7. The molecule has 1 heterocycles. The van der Waals surface area contributed by atoms with E-state index in [4.69, 9.17) is 10.7 Å². The number of fused-ring (bicyclic) bond motifs is 1. The fourth-order valence-corrected chi connectivity index (χ4v) is 6.85. The van der Waals surface area contributed by atoms with Crippen LogP contribution in [0.4, 0.5) is 11.4 Å². The Bertz CT molecular complexity index is 1250. The molecule has 0 saturated heterocycles. The predicted octanol–water partition coefficient (Wildman–Crippen LogP) is 13.9. The Morgan fingerprint density at radius 2 is 1.60 bits per heavy atom. The Hall–Kier alpha value is -2.81. The van der Waals surface area contributed by atoms with Crippen molar-refractivity contribution in [3.8, 4) is 11.1 Å². The number of hydrogen-bond acceptors (Lipinski definition) is 3. The summed E-state index contributed by atoms with van der Waals surface area (Å²) in [7, 11) is 0. The molecule has 2 aromatic carbocycles. The Kier molecular flexibility index (Phi) is 19.5. The lowest BCUT2D eigenvalue weighted by Gasteiger charge is -2.26. The van der Waals surface area contributed by atoms with E-state index in [9.17, 15) is 0 Å². The molecule has 262 valence electrons. The number of hydrogen-bond donors (Lipinski definition) is 2. The van der Waals surface area contributed by atoms with Gasteiger partial charge >= 0.3 is 0 Å². The van der Waals surface area contributed by atoms with Gasteiger partial charge in [-0.25, -0.2) is 0 Å². The fraction of sp³-hybridized carbons (Fsp3) is 0.614. The van der Waals surface area contributed by atoms with Crippen LogP contribution < -0.4 is 11.1 Å². The molecule has 3 heteroatoms. The summed E-state index contributed by atoms with van der Waals surface area (Å²) in [6, 6.07) is 9.07. The highest BCUT2D eigenvalue weighted by Crippen LogP contribution is 2.42. The highest BCUT2D eigenvalue weighted by Gasteiger charge is 2.22. The van der Waals surface area contributed by atoms with Gasteiger partial charge in [0.25, 0.3) is 0 Å². The molecule has 47 heavy (non-hydrogen) atoms. The van der Waals surface area contributed by atoms with Crippen LogP contribution in [0.5, 0.6) is 0 Å². The van der Waals surface area contributed by atoms with Crippen molar-refractivity contribution in [1.29, 1.82) is 0 Å². The van der Waals surface area contributed by atoms with E-state index in [1.807, 2.05) is 13.8 Å². The lowest BCUT2D eigenvalue weighted by Crippen LogP contribution is -2.13. The Morgan fingerprint density at radius 3 is 2.09 bits per heavy atom. The molecule has 0 amide bonds. The third-order valence-electron chi connectivity index (χ3n) is 10.0. The van der Waals surface area contributed by atoms with Crippen LogP contribution in [0.3, 0.4) is 0 Å². The monoisotopic (exact) mass is 642 g/mol. The van der Waals surface area contributed by atoms with Crippen molar-refractivity contribution < 1.29 is 0 Å². The summed E-state index contributed by atoms with van der Waals surface area (Å²) in [6.07, 6.45) is 26.4. The van der Waals surface area contributed by atoms with Gasteiger partial charge in [-0.1, -0.05) is 144 Å². The van der Waals surface area contributed by atoms with Gasteiger partial charge in [-0.15, -0.1) is 0 Å². The van der Waals surface area contributed by atoms with Crippen LogP contribution in [0.1, 0.15) is 167 Å². The van der Waals surface area contributed by atoms with Gasteiger partial charge < -0.3 is 11.1 Å². The lowest BCUT2D eigenvalue weighted by molar-refractivity contribution is 0.385. The largest absolute Gasteiger partial charge is 0.398 e. The number of allylic oxidation sites excluding steroid dienone is 1. The third kappa shape index (κ3) is 12.3. The molecule has 3 aliphatic rings. The van der Waals surface area contributed by atoms with Crippen LogP contribution in [-0.2, 0) is 12.8 Å². The Labute approximate surface area is 291 Å². The average Bonchev–Trinajstić information content (AvgIpc) is 3.07. The van der Waals surface area contributed by atoms with E-state index in [1.54, 1.807) is 6.20 Å². The molecule has 0 spiro atoms. The highest BCUT2D eigenvalue weighted by molar-refractivity contribution is 5.88. The van der Waals surface area contributed by atoms with Crippen LogP contribution in [0.25, 0.3) is 16.8 Å². The fourth-order valence-electron chi connectivity index (χ4n) is 6.85. The van der Waals surface area contributed by atoms with Crippen LogP contribution in [-0.4, -0.2) is 6.21 Å². The molecular formula is C44H71N3. The number of rotatable bonds is 11. The van der Waals surface area contributed by atoms with Gasteiger partial charge in [-0.2, -0.15) is 0 Å². The number of anilines is 1. The SMILES string of the molecule is C=CNc1c(CC)c(-c2ccc3c(c2)N=CC(CC)C3)cc(C)c1C(N)=C1CCC1.CC.CC1CCCCC1.CCCCCCCC. The lowest BCUT2D eigenvalue weighted by atomic mass is 9.84. The molecule has 3 nitrogen and oxygen atoms in total. The summed E-state index contributed by atoms with van der Waals surface area (Å²) in [4.78, 5) is 4.77. The summed E-state index contributed by atoms with van der Waals surface area (Å²) in [5, 5.41) is 3.43. The molecule has 1 unspecified atom stereocenters. The first-order chi connectivity index (χ1) is 22.9. The predicted molar refractivity (Wildman–Crippen MR) is 213 cm³/mol. The zero-order valence-electron chi connectivity index (χ0n) is 31.9. The molecule has 1 aliphatic heterocycles. The van der Waals surface area contributed by atoms with E-state index < -0.39 is 0 Å². The van der Waals surface area contributed by atoms with E-state index in [2.05, 4.69) is 83.9 Å². The maximum atomic E-state index is 6.65. The van der Waals surface area contributed by atoms with Crippen LogP contribution in [0, 0.1) is 18.8 Å². The second kappa shape index (κ2) is 22.7. The maximum Gasteiger partial charge on any atom is 0.0664 e. The number of benzene rings is 2. The van der Waals surface area contributed by atoms with E-state index in [-0.39, 0.29) is 0 Å². The van der Waals surface area contributed by atoms with Gasteiger partial charge in [0.15, 0.2) is 0 Å². The molecule has 5 rings (SSSR count). The molecule has 2 aliphatic carbocycles. The first-order valence-electron chi connectivity index (χ1n) is 19.6. The van der Waals surface area contributed by atoms with Crippen LogP contribution in [0.2, 0.25) is 0 Å². The zero-order valence-corrected chi connectivity index (χ0v) is 31.9. The second-order valence-electron chi connectivity index (χ2n) is 13.7. The van der Waals surface area contributed by atoms with Crippen LogP contribution in [0.15, 0.2) is 47.6 Å². The minimum absolute atomic E-state index is 0.557. The summed E-state index contributed by atoms with van der Waals surface area (Å²) >= 11 is 0. The number of aryl methyl sites for hydroxylation is 1. The van der Waals surface area contributed by atoms with E-state index in [0.717, 1.165) is 60.7 Å². The van der Waals surface area contributed by atoms with Crippen molar-refractivity contribution in [1.82, 2.24) is 0 Å². The first-order valence-corrected chi connectivity index (χ1v) is 19.6. The number of nitrogens with two attached hydrogens (primary N) is 1. The van der Waals surface area contributed by atoms with Crippen molar-refractivity contribution in [2.45, 2.75) is 165 Å². The number of unbranched alkanes of at least 4 members (excludes halogenated alkanes) is 5. The standard InChI is InChI=1S/C27H33N3.C8H18.C7H14.C2H6/c1-5-18-14-21-12-11-20(15-24(21)30-16-18)23-13-17(4)25(26(28)19-9-8-10-19)27(29-7-3)22(23)6-2;1-3-5-7-8-6-4-2;1-7-5-3-2-4-6-7;1-2/h7,11-13,15-16,18,29H,3,5-6,8-10,14,28H2,1-2,4H3;3-8H2,1-2H3;7H,2-6H2,1H3;1-2H3. The van der Waals surface area contributed by atoms with Gasteiger partial charge in [-0.3, -0.25) is 4.99 Å². The molecule has 3 N–H and O–H groups in total. The molecule has 1 atom stereocenters. The van der Waals surface area contributed by atoms with Gasteiger partial charge in [0, 0.05) is 17.5 Å². The zero-order chi connectivity index (χ0) is 34.6. The van der Waals surface area contributed by atoms with Crippen molar-refractivity contribution in [3.05, 3.63) is 64.9 Å². The molecule has 0 aromatic heterocycles. The number of nitrogens with one attached hydrogen (secondary N) is 1. The average molecular weight is 642 g/mol. The normalized spacial score (nSPS) is 16.6. The molecule has 2 saturated carbocycles. The molecular weight excluding hydrogens is 571 g/mol. The molecule has 2 fully saturated rings. The van der Waals surface area contributed by atoms with Gasteiger partial charge in [0.05, 0.1) is 11.4 Å². The van der Waals surface area contributed by atoms with E-state index in [1.165, 1.54) is 110 Å². The van der Waals surface area contributed by atoms with Gasteiger partial charge in [0.2, 0.25) is 0 Å². The minimum Gasteiger partial charge on any atom is -0.398 e. The topological polar surface area (TPSA) is 50.4 Å². The van der Waals surface area contributed by atoms with Crippen molar-refractivity contribution in [2.75, 3.05) is 5.32 Å². The van der Waals surface area contributed by atoms with Crippen LogP contribution >= 0.6 is 0 Å². The molecule has 2 aromatic rings. The summed E-state index contributed by atoms with van der Waals surface area (Å²) in [6.45, 7) is 21.4. The van der Waals surface area contributed by atoms with Crippen molar-refractivity contribution in [3.63, 3.8) is 0 Å². The molecule has 0 bridgehead atoms. The first kappa shape index (κ1) is 40.4. The third-order valence-corrected chi connectivity index (χ3v) is 10.0. The Balaban J connectivity index is 0.000000371. The number of nitrogens with zero attached hydrogens (tertiary/aromatic N) is 1. The summed E-state index contributed by atoms with van der Waals surface area (Å²) in [5.74, 6) is 1.59.